The maximum Gasteiger partial charge on any atom is 0.328 e. The summed E-state index contributed by atoms with van der Waals surface area (Å²) in [7, 11) is 2.96. The Labute approximate surface area is 113 Å². The third-order valence-corrected chi connectivity index (χ3v) is 2.70. The lowest BCUT2D eigenvalue weighted by molar-refractivity contribution is -0.141. The van der Waals surface area contributed by atoms with E-state index in [0.717, 1.165) is 5.69 Å². The molecule has 0 bridgehead atoms. The first-order valence-electron chi connectivity index (χ1n) is 6.31. The molecule has 19 heavy (non-hydrogen) atoms. The van der Waals surface area contributed by atoms with Crippen LogP contribution in [-0.4, -0.2) is 32.8 Å². The van der Waals surface area contributed by atoms with E-state index in [1.807, 2.05) is 26.0 Å². The third kappa shape index (κ3) is 4.05. The van der Waals surface area contributed by atoms with Crippen LogP contribution in [0.25, 0.3) is 0 Å². The number of esters is 1. The second kappa shape index (κ2) is 7.51. The molecule has 1 rings (SSSR count). The van der Waals surface area contributed by atoms with Crippen molar-refractivity contribution in [3.8, 4) is 11.5 Å². The minimum absolute atomic E-state index is 0.282. The highest BCUT2D eigenvalue weighted by Gasteiger charge is 2.17. The van der Waals surface area contributed by atoms with Gasteiger partial charge in [-0.15, -0.1) is 0 Å². The van der Waals surface area contributed by atoms with Gasteiger partial charge in [0.25, 0.3) is 0 Å². The van der Waals surface area contributed by atoms with Gasteiger partial charge in [-0.05, 0) is 25.5 Å². The number of hydrogen-bond acceptors (Lipinski definition) is 5. The quantitative estimate of drug-likeness (QED) is 0.769. The van der Waals surface area contributed by atoms with E-state index in [0.29, 0.717) is 24.5 Å². The van der Waals surface area contributed by atoms with E-state index in [1.165, 1.54) is 7.11 Å². The summed E-state index contributed by atoms with van der Waals surface area (Å²) in [6.45, 7) is 4.40. The molecule has 0 aromatic heterocycles. The van der Waals surface area contributed by atoms with Gasteiger partial charge in [-0.25, -0.2) is 4.79 Å². The van der Waals surface area contributed by atoms with Crippen LogP contribution >= 0.6 is 0 Å². The molecule has 0 aliphatic carbocycles. The zero-order valence-electron chi connectivity index (χ0n) is 11.9. The van der Waals surface area contributed by atoms with Crippen LogP contribution in [-0.2, 0) is 9.53 Å². The summed E-state index contributed by atoms with van der Waals surface area (Å²) in [4.78, 5) is 11.5. The third-order valence-electron chi connectivity index (χ3n) is 2.70. The first-order chi connectivity index (χ1) is 9.15. The van der Waals surface area contributed by atoms with Crippen LogP contribution in [0.15, 0.2) is 18.2 Å². The van der Waals surface area contributed by atoms with Crippen LogP contribution < -0.4 is 14.8 Å². The molecule has 0 fully saturated rings. The predicted octanol–water partition coefficient (Wildman–Crippen LogP) is 2.46. The van der Waals surface area contributed by atoms with Crippen molar-refractivity contribution < 1.29 is 19.0 Å². The van der Waals surface area contributed by atoms with Gasteiger partial charge in [0.1, 0.15) is 6.04 Å². The van der Waals surface area contributed by atoms with Gasteiger partial charge in [-0.2, -0.15) is 0 Å². The number of anilines is 1. The Morgan fingerprint density at radius 2 is 2.00 bits per heavy atom. The van der Waals surface area contributed by atoms with Crippen molar-refractivity contribution in [3.63, 3.8) is 0 Å². The highest BCUT2D eigenvalue weighted by molar-refractivity contribution is 5.79. The maximum atomic E-state index is 11.5. The van der Waals surface area contributed by atoms with E-state index < -0.39 is 0 Å². The molecule has 106 valence electrons. The fraction of sp³-hybridized carbons (Fsp3) is 0.500. The van der Waals surface area contributed by atoms with Crippen LogP contribution in [0.2, 0.25) is 0 Å². The van der Waals surface area contributed by atoms with E-state index in [2.05, 4.69) is 5.32 Å². The minimum Gasteiger partial charge on any atom is -0.493 e. The molecule has 5 nitrogen and oxygen atoms in total. The van der Waals surface area contributed by atoms with Crippen molar-refractivity contribution >= 4 is 11.7 Å². The van der Waals surface area contributed by atoms with E-state index in [-0.39, 0.29) is 12.0 Å². The van der Waals surface area contributed by atoms with Gasteiger partial charge in [0, 0.05) is 11.8 Å². The summed E-state index contributed by atoms with van der Waals surface area (Å²) in [5, 5.41) is 3.11. The minimum atomic E-state index is -0.368. The van der Waals surface area contributed by atoms with Crippen molar-refractivity contribution in [1.82, 2.24) is 0 Å². The van der Waals surface area contributed by atoms with Crippen molar-refractivity contribution in [2.75, 3.05) is 26.1 Å². The lowest BCUT2D eigenvalue weighted by atomic mass is 10.2. The molecule has 1 aromatic rings. The zero-order valence-corrected chi connectivity index (χ0v) is 11.9. The number of hydrogen-bond donors (Lipinski definition) is 1. The number of ether oxygens (including phenoxy) is 3. The number of benzene rings is 1. The normalized spacial score (nSPS) is 11.6. The van der Waals surface area contributed by atoms with E-state index in [1.54, 1.807) is 13.2 Å². The standard InChI is InChI=1S/C14H21NO4/c1-5-11(14(16)18-4)15-10-7-8-12(19-6-2)13(9-10)17-3/h7-9,11,15H,5-6H2,1-4H3. The second-order valence-corrected chi connectivity index (χ2v) is 3.93. The van der Waals surface area contributed by atoms with Crippen LogP contribution in [0, 0.1) is 0 Å². The highest BCUT2D eigenvalue weighted by Crippen LogP contribution is 2.30. The SMILES string of the molecule is CCOc1ccc(NC(CC)C(=O)OC)cc1OC. The van der Waals surface area contributed by atoms with Crippen molar-refractivity contribution in [2.24, 2.45) is 0 Å². The number of carbonyl (C=O) groups is 1. The van der Waals surface area contributed by atoms with E-state index in [9.17, 15) is 4.79 Å². The molecule has 1 unspecified atom stereocenters. The van der Waals surface area contributed by atoms with Gasteiger partial charge in [-0.3, -0.25) is 0 Å². The number of nitrogens with one attached hydrogen (secondary N) is 1. The summed E-state index contributed by atoms with van der Waals surface area (Å²) in [5.41, 5.74) is 0.789. The van der Waals surface area contributed by atoms with Crippen LogP contribution in [0.3, 0.4) is 0 Å². The molecule has 0 aliphatic rings. The highest BCUT2D eigenvalue weighted by atomic mass is 16.5. The van der Waals surface area contributed by atoms with Crippen LogP contribution in [0.1, 0.15) is 20.3 Å². The summed E-state index contributed by atoms with van der Waals surface area (Å²) < 4.78 is 15.4. The molecule has 1 aromatic carbocycles. The smallest absolute Gasteiger partial charge is 0.328 e. The average molecular weight is 267 g/mol. The number of methoxy groups -OCH3 is 2. The first-order valence-corrected chi connectivity index (χ1v) is 6.31. The second-order valence-electron chi connectivity index (χ2n) is 3.93. The van der Waals surface area contributed by atoms with E-state index in [4.69, 9.17) is 14.2 Å². The molecule has 0 spiro atoms. The summed E-state index contributed by atoms with van der Waals surface area (Å²) in [6.07, 6.45) is 0.641. The van der Waals surface area contributed by atoms with Crippen molar-refractivity contribution in [2.45, 2.75) is 26.3 Å². The largest absolute Gasteiger partial charge is 0.493 e. The van der Waals surface area contributed by atoms with Crippen molar-refractivity contribution in [3.05, 3.63) is 18.2 Å². The lowest BCUT2D eigenvalue weighted by Gasteiger charge is -2.17. The number of rotatable bonds is 7. The lowest BCUT2D eigenvalue weighted by Crippen LogP contribution is -2.29. The van der Waals surface area contributed by atoms with Crippen LogP contribution in [0.4, 0.5) is 5.69 Å². The summed E-state index contributed by atoms with van der Waals surface area (Å²) >= 11 is 0. The zero-order chi connectivity index (χ0) is 14.3. The molecule has 0 saturated carbocycles. The Bertz CT molecular complexity index is 420. The van der Waals surface area contributed by atoms with Gasteiger partial charge in [0.05, 0.1) is 20.8 Å². The fourth-order valence-corrected chi connectivity index (χ4v) is 1.70. The molecule has 0 heterocycles. The number of carbonyl (C=O) groups excluding carboxylic acids is 1. The fourth-order valence-electron chi connectivity index (χ4n) is 1.70. The average Bonchev–Trinajstić information content (AvgIpc) is 2.45. The Hall–Kier alpha value is -1.91. The van der Waals surface area contributed by atoms with Gasteiger partial charge < -0.3 is 19.5 Å². The molecule has 5 heteroatoms. The molecule has 0 aliphatic heterocycles. The Kier molecular flexibility index (Phi) is 5.99. The molecule has 0 saturated heterocycles. The van der Waals surface area contributed by atoms with E-state index >= 15 is 0 Å². The topological polar surface area (TPSA) is 56.8 Å². The molecule has 0 radical (unpaired) electrons. The molecular weight excluding hydrogens is 246 g/mol. The molecule has 1 N–H and O–H groups in total. The van der Waals surface area contributed by atoms with Gasteiger partial charge in [0.15, 0.2) is 11.5 Å². The van der Waals surface area contributed by atoms with Crippen LogP contribution in [0.5, 0.6) is 11.5 Å². The Balaban J connectivity index is 2.86. The Morgan fingerprint density at radius 1 is 1.26 bits per heavy atom. The molecule has 1 atom stereocenters. The first kappa shape index (κ1) is 15.1. The van der Waals surface area contributed by atoms with Gasteiger partial charge in [-0.1, -0.05) is 6.92 Å². The molecular formula is C14H21NO4. The van der Waals surface area contributed by atoms with Crippen molar-refractivity contribution in [1.29, 1.82) is 0 Å². The Morgan fingerprint density at radius 3 is 2.53 bits per heavy atom. The molecule has 0 amide bonds. The monoisotopic (exact) mass is 267 g/mol. The summed E-state index contributed by atoms with van der Waals surface area (Å²) in [6, 6.07) is 5.09. The maximum absolute atomic E-state index is 11.5. The summed E-state index contributed by atoms with van der Waals surface area (Å²) in [5.74, 6) is 1.03. The predicted molar refractivity (Wildman–Crippen MR) is 73.9 cm³/mol. The van der Waals surface area contributed by atoms with Gasteiger partial charge >= 0.3 is 5.97 Å². The van der Waals surface area contributed by atoms with Gasteiger partial charge in [0.2, 0.25) is 0 Å².